The Balaban J connectivity index is 2.08. The Bertz CT molecular complexity index is 421. The lowest BCUT2D eigenvalue weighted by molar-refractivity contribution is 0.582. The van der Waals surface area contributed by atoms with Crippen LogP contribution in [-0.4, -0.2) is 4.75 Å². The summed E-state index contributed by atoms with van der Waals surface area (Å²) in [6.45, 7) is 8.46. The van der Waals surface area contributed by atoms with E-state index in [9.17, 15) is 4.39 Å². The Labute approximate surface area is 114 Å². The largest absolute Gasteiger partial charge is 0.256 e. The molecule has 100 valence electrons. The quantitative estimate of drug-likeness (QED) is 0.786. The second-order valence-electron chi connectivity index (χ2n) is 6.11. The second kappa shape index (κ2) is 5.22. The van der Waals surface area contributed by atoms with Crippen LogP contribution < -0.4 is 4.72 Å². The van der Waals surface area contributed by atoms with Gasteiger partial charge in [0, 0.05) is 16.4 Å². The van der Waals surface area contributed by atoms with Gasteiger partial charge in [0.15, 0.2) is 0 Å². The lowest BCUT2D eigenvalue weighted by Crippen LogP contribution is -2.20. The van der Waals surface area contributed by atoms with Crippen molar-refractivity contribution in [3.05, 3.63) is 35.1 Å². The standard InChI is InChI=1S/C15H22FNS/c1-10(17-18-15(2,3)4)13-9-12(11-5-6-11)7-8-14(13)16/h7-11,17H,5-6H2,1-4H3/t10-/m0/s1. The molecule has 1 aromatic rings. The van der Waals surface area contributed by atoms with Crippen molar-refractivity contribution in [1.29, 1.82) is 0 Å². The van der Waals surface area contributed by atoms with Crippen LogP contribution in [-0.2, 0) is 0 Å². The summed E-state index contributed by atoms with van der Waals surface area (Å²) in [7, 11) is 0. The van der Waals surface area contributed by atoms with Crippen LogP contribution in [0.1, 0.15) is 63.6 Å². The molecule has 1 saturated carbocycles. The van der Waals surface area contributed by atoms with E-state index in [4.69, 9.17) is 0 Å². The smallest absolute Gasteiger partial charge is 0.128 e. The molecule has 0 bridgehead atoms. The van der Waals surface area contributed by atoms with Gasteiger partial charge in [-0.1, -0.05) is 24.1 Å². The highest BCUT2D eigenvalue weighted by Crippen LogP contribution is 2.41. The third-order valence-electron chi connectivity index (χ3n) is 3.08. The molecule has 1 N–H and O–H groups in total. The molecule has 0 spiro atoms. The number of hydrogen-bond acceptors (Lipinski definition) is 2. The zero-order chi connectivity index (χ0) is 13.3. The van der Waals surface area contributed by atoms with Gasteiger partial charge in [-0.05, 0) is 58.1 Å². The van der Waals surface area contributed by atoms with Gasteiger partial charge in [-0.2, -0.15) is 0 Å². The molecule has 1 nitrogen and oxygen atoms in total. The fraction of sp³-hybridized carbons (Fsp3) is 0.600. The van der Waals surface area contributed by atoms with E-state index >= 15 is 0 Å². The SMILES string of the molecule is C[C@H](NSC(C)(C)C)c1cc(C2CC2)ccc1F. The van der Waals surface area contributed by atoms with Gasteiger partial charge in [0.1, 0.15) is 5.82 Å². The first-order valence-electron chi connectivity index (χ1n) is 6.60. The predicted molar refractivity (Wildman–Crippen MR) is 77.3 cm³/mol. The van der Waals surface area contributed by atoms with E-state index < -0.39 is 0 Å². The molecule has 0 saturated heterocycles. The Morgan fingerprint density at radius 3 is 2.56 bits per heavy atom. The van der Waals surface area contributed by atoms with E-state index in [1.54, 1.807) is 18.0 Å². The summed E-state index contributed by atoms with van der Waals surface area (Å²) >= 11 is 1.66. The first-order chi connectivity index (χ1) is 8.37. The summed E-state index contributed by atoms with van der Waals surface area (Å²) in [5, 5.41) is 0. The number of rotatable bonds is 4. The fourth-order valence-corrected chi connectivity index (χ4v) is 2.55. The third-order valence-corrected chi connectivity index (χ3v) is 4.16. The third kappa shape index (κ3) is 3.72. The highest BCUT2D eigenvalue weighted by Gasteiger charge is 2.25. The number of benzene rings is 1. The van der Waals surface area contributed by atoms with Gasteiger partial charge in [-0.3, -0.25) is 4.72 Å². The van der Waals surface area contributed by atoms with Crippen molar-refractivity contribution >= 4 is 11.9 Å². The van der Waals surface area contributed by atoms with Crippen LogP contribution in [0.25, 0.3) is 0 Å². The first-order valence-corrected chi connectivity index (χ1v) is 7.41. The second-order valence-corrected chi connectivity index (χ2v) is 7.77. The molecule has 1 aliphatic carbocycles. The van der Waals surface area contributed by atoms with Crippen LogP contribution in [0.4, 0.5) is 4.39 Å². The van der Waals surface area contributed by atoms with Crippen LogP contribution >= 0.6 is 11.9 Å². The van der Waals surface area contributed by atoms with Crippen LogP contribution in [0.3, 0.4) is 0 Å². The Morgan fingerprint density at radius 2 is 2.00 bits per heavy atom. The van der Waals surface area contributed by atoms with Gasteiger partial charge in [0.2, 0.25) is 0 Å². The molecular weight excluding hydrogens is 245 g/mol. The predicted octanol–water partition coefficient (Wildman–Crippen LogP) is 4.80. The maximum absolute atomic E-state index is 13.9. The van der Waals surface area contributed by atoms with Crippen molar-refractivity contribution in [2.24, 2.45) is 0 Å². The van der Waals surface area contributed by atoms with Gasteiger partial charge in [-0.25, -0.2) is 4.39 Å². The number of nitrogens with one attached hydrogen (secondary N) is 1. The van der Waals surface area contributed by atoms with Gasteiger partial charge in [0.05, 0.1) is 0 Å². The van der Waals surface area contributed by atoms with Crippen LogP contribution in [0.2, 0.25) is 0 Å². The maximum atomic E-state index is 13.9. The van der Waals surface area contributed by atoms with Crippen molar-refractivity contribution in [2.45, 2.75) is 57.2 Å². The molecule has 0 unspecified atom stereocenters. The normalized spacial score (nSPS) is 17.8. The summed E-state index contributed by atoms with van der Waals surface area (Å²) < 4.78 is 17.4. The van der Waals surface area contributed by atoms with Gasteiger partial charge in [0.25, 0.3) is 0 Å². The molecule has 1 aliphatic rings. The molecule has 3 heteroatoms. The molecule has 1 atom stereocenters. The summed E-state index contributed by atoms with van der Waals surface area (Å²) in [6, 6.07) is 5.62. The average Bonchev–Trinajstić information content (AvgIpc) is 3.09. The van der Waals surface area contributed by atoms with E-state index in [1.807, 2.05) is 19.1 Å². The van der Waals surface area contributed by atoms with Crippen LogP contribution in [0, 0.1) is 5.82 Å². The van der Waals surface area contributed by atoms with Crippen molar-refractivity contribution in [1.82, 2.24) is 4.72 Å². The highest BCUT2D eigenvalue weighted by molar-refractivity contribution is 7.98. The summed E-state index contributed by atoms with van der Waals surface area (Å²) in [5.41, 5.74) is 2.08. The van der Waals surface area contributed by atoms with Crippen LogP contribution in [0.5, 0.6) is 0 Å². The number of halogens is 1. The van der Waals surface area contributed by atoms with Crippen molar-refractivity contribution in [3.8, 4) is 0 Å². The Kier molecular flexibility index (Phi) is 4.02. The zero-order valence-electron chi connectivity index (χ0n) is 11.6. The first kappa shape index (κ1) is 13.9. The van der Waals surface area contributed by atoms with Crippen LogP contribution in [0.15, 0.2) is 18.2 Å². The van der Waals surface area contributed by atoms with Gasteiger partial charge >= 0.3 is 0 Å². The molecule has 1 fully saturated rings. The minimum absolute atomic E-state index is 0.0351. The van der Waals surface area contributed by atoms with E-state index in [1.165, 1.54) is 18.4 Å². The van der Waals surface area contributed by atoms with Crippen molar-refractivity contribution in [2.75, 3.05) is 0 Å². The van der Waals surface area contributed by atoms with E-state index in [0.717, 1.165) is 5.56 Å². The van der Waals surface area contributed by atoms with E-state index in [0.29, 0.717) is 5.92 Å². The molecule has 0 amide bonds. The lowest BCUT2D eigenvalue weighted by Gasteiger charge is -2.22. The lowest BCUT2D eigenvalue weighted by atomic mass is 10.0. The monoisotopic (exact) mass is 267 g/mol. The molecule has 1 aromatic carbocycles. The van der Waals surface area contributed by atoms with E-state index in [-0.39, 0.29) is 16.6 Å². The highest BCUT2D eigenvalue weighted by atomic mass is 32.2. The van der Waals surface area contributed by atoms with Crippen molar-refractivity contribution < 1.29 is 4.39 Å². The fourth-order valence-electron chi connectivity index (χ4n) is 1.89. The van der Waals surface area contributed by atoms with Crippen molar-refractivity contribution in [3.63, 3.8) is 0 Å². The molecule has 0 heterocycles. The summed E-state index contributed by atoms with van der Waals surface area (Å²) in [5.74, 6) is 0.570. The minimum Gasteiger partial charge on any atom is -0.256 e. The average molecular weight is 267 g/mol. The molecule has 18 heavy (non-hydrogen) atoms. The molecule has 0 radical (unpaired) electrons. The molecule has 0 aromatic heterocycles. The molecular formula is C15H22FNS. The zero-order valence-corrected chi connectivity index (χ0v) is 12.4. The summed E-state index contributed by atoms with van der Waals surface area (Å²) in [4.78, 5) is 0. The summed E-state index contributed by atoms with van der Waals surface area (Å²) in [6.07, 6.45) is 2.51. The van der Waals surface area contributed by atoms with Gasteiger partial charge < -0.3 is 0 Å². The number of hydrogen-bond donors (Lipinski definition) is 1. The minimum atomic E-state index is -0.103. The Hall–Kier alpha value is -0.540. The maximum Gasteiger partial charge on any atom is 0.128 e. The molecule has 0 aliphatic heterocycles. The van der Waals surface area contributed by atoms with Gasteiger partial charge in [-0.15, -0.1) is 0 Å². The molecule has 2 rings (SSSR count). The Morgan fingerprint density at radius 1 is 1.33 bits per heavy atom. The van der Waals surface area contributed by atoms with E-state index in [2.05, 4.69) is 25.5 Å². The topological polar surface area (TPSA) is 12.0 Å².